The van der Waals surface area contributed by atoms with Crippen LogP contribution in [0.3, 0.4) is 0 Å². The van der Waals surface area contributed by atoms with E-state index in [2.05, 4.69) is 4.74 Å². The van der Waals surface area contributed by atoms with Gasteiger partial charge < -0.3 is 17.0 Å². The zero-order chi connectivity index (χ0) is 3.41. The molecule has 0 spiro atoms. The topological polar surface area (TPSA) is 26.3 Å². The Balaban J connectivity index is -0.0000000450. The van der Waals surface area contributed by atoms with Crippen LogP contribution >= 0.6 is 0 Å². The summed E-state index contributed by atoms with van der Waals surface area (Å²) < 4.78 is 3.74. The second-order valence-electron chi connectivity index (χ2n) is 0.287. The number of carbonyl (C=O) groups excluding carboxylic acids is 1. The van der Waals surface area contributed by atoms with E-state index in [1.807, 2.05) is 0 Å². The minimum atomic E-state index is 0. The van der Waals surface area contributed by atoms with Crippen LogP contribution in [-0.4, -0.2) is 13.6 Å². The van der Waals surface area contributed by atoms with Crippen LogP contribution in [0.25, 0.3) is 0 Å². The summed E-state index contributed by atoms with van der Waals surface area (Å²) in [6.07, 6.45) is 0. The maximum atomic E-state index is 8.83. The van der Waals surface area contributed by atoms with E-state index in [0.29, 0.717) is 0 Å². The van der Waals surface area contributed by atoms with Gasteiger partial charge in [-0.2, -0.15) is 0 Å². The summed E-state index contributed by atoms with van der Waals surface area (Å²) in [5.74, 6) is 0. The number of methoxy groups -OCH3 is 1. The Labute approximate surface area is 61.6 Å². The summed E-state index contributed by atoms with van der Waals surface area (Å²) in [4.78, 5) is 8.83. The summed E-state index contributed by atoms with van der Waals surface area (Å²) in [7, 11) is 1.26. The average molecular weight is 312 g/mol. The van der Waals surface area contributed by atoms with Crippen LogP contribution in [0.1, 0.15) is 0 Å². The Kier molecular flexibility index (Phi) is 47.4. The molecule has 6 heavy (non-hydrogen) atoms. The molecule has 0 heterocycles. The maximum Gasteiger partial charge on any atom is 2.00 e. The molecule has 0 fully saturated rings. The second kappa shape index (κ2) is 17.8. The Hall–Kier alpha value is 0.522. The van der Waals surface area contributed by atoms with Crippen molar-refractivity contribution in [3.8, 4) is 0 Å². The molecule has 0 radical (unpaired) electrons. The number of hydrogen-bond donors (Lipinski definition) is 0. The third-order valence-corrected chi connectivity index (χ3v) is 0.0833. The first-order chi connectivity index (χ1) is 1.91. The van der Waals surface area contributed by atoms with Gasteiger partial charge in [-0.15, -0.1) is 0 Å². The van der Waals surface area contributed by atoms with Gasteiger partial charge in [-0.1, -0.05) is 6.47 Å². The predicted molar refractivity (Wildman–Crippen MR) is 19.1 cm³/mol. The fourth-order valence-corrected chi connectivity index (χ4v) is 0. The van der Waals surface area contributed by atoms with Gasteiger partial charge in [0, 0.05) is 7.11 Å². The quantitative estimate of drug-likeness (QED) is 0.645. The van der Waals surface area contributed by atoms with Crippen LogP contribution in [0.15, 0.2) is 0 Å². The van der Waals surface area contributed by atoms with Crippen molar-refractivity contribution in [1.82, 2.24) is 0 Å². The second-order valence-corrected chi connectivity index (χ2v) is 0.287. The molecule has 0 rings (SSSR count). The van der Waals surface area contributed by atoms with Gasteiger partial charge in [0.25, 0.3) is 0 Å². The molecule has 0 aliphatic heterocycles. The van der Waals surface area contributed by atoms with E-state index in [-0.39, 0.29) is 38.5 Å². The van der Waals surface area contributed by atoms with Crippen molar-refractivity contribution in [2.45, 2.75) is 0 Å². The van der Waals surface area contributed by atoms with Crippen LogP contribution in [0.5, 0.6) is 0 Å². The zero-order valence-corrected chi connectivity index (χ0v) is 7.98. The van der Waals surface area contributed by atoms with E-state index >= 15 is 0 Å². The van der Waals surface area contributed by atoms with Crippen LogP contribution in [0, 0.1) is 38.5 Å². The third kappa shape index (κ3) is 24.2. The van der Waals surface area contributed by atoms with Gasteiger partial charge in [0.15, 0.2) is 0 Å². The predicted octanol–water partition coefficient (Wildman–Crippen LogP) is 0.150. The van der Waals surface area contributed by atoms with Crippen molar-refractivity contribution in [3.05, 3.63) is 7.43 Å². The standard InChI is InChI=1S/C2H3O2.CH3.U/c1-4-2-3;;/h1H3;1H3;/q2*-1;+2. The van der Waals surface area contributed by atoms with Gasteiger partial charge >= 0.3 is 31.1 Å². The Morgan fingerprint density at radius 3 is 1.83 bits per heavy atom. The van der Waals surface area contributed by atoms with Crippen molar-refractivity contribution in [1.29, 1.82) is 0 Å². The molecular formula is C3H6O2U. The van der Waals surface area contributed by atoms with Crippen molar-refractivity contribution < 1.29 is 40.6 Å². The molecule has 2 nitrogen and oxygen atoms in total. The Bertz CT molecular complexity index is 22.8. The minimum absolute atomic E-state index is 0. The molecule has 0 amide bonds. The van der Waals surface area contributed by atoms with Gasteiger partial charge in [0.2, 0.25) is 0 Å². The largest absolute Gasteiger partial charge is 2.00 e. The normalized spacial score (nSPS) is 3.50. The first-order valence-corrected chi connectivity index (χ1v) is 0.816. The van der Waals surface area contributed by atoms with Gasteiger partial charge in [0.05, 0.1) is 0 Å². The number of ether oxygens (including phenoxy) is 1. The van der Waals surface area contributed by atoms with E-state index in [9.17, 15) is 0 Å². The molecule has 0 unspecified atom stereocenters. The van der Waals surface area contributed by atoms with Crippen molar-refractivity contribution in [2.24, 2.45) is 0 Å². The smallest absolute Gasteiger partial charge is 0.655 e. The molecule has 0 saturated carbocycles. The molecule has 3 heteroatoms. The van der Waals surface area contributed by atoms with Crippen molar-refractivity contribution >= 4 is 6.47 Å². The molecule has 0 bridgehead atoms. The van der Waals surface area contributed by atoms with Crippen molar-refractivity contribution in [3.63, 3.8) is 0 Å². The number of rotatable bonds is 1. The first-order valence-electron chi connectivity index (χ1n) is 0.816. The molecular weight excluding hydrogens is 306 g/mol. The average Bonchev–Trinajstić information content (AvgIpc) is 1.37. The summed E-state index contributed by atoms with van der Waals surface area (Å²) in [6.45, 7) is 1.18. The maximum absolute atomic E-state index is 8.83. The fourth-order valence-electron chi connectivity index (χ4n) is 0. The molecule has 34 valence electrons. The summed E-state index contributed by atoms with van der Waals surface area (Å²) in [5.41, 5.74) is 0. The van der Waals surface area contributed by atoms with E-state index in [4.69, 9.17) is 4.79 Å². The molecule has 0 aromatic carbocycles. The minimum Gasteiger partial charge on any atom is -0.655 e. The van der Waals surface area contributed by atoms with Crippen molar-refractivity contribution in [2.75, 3.05) is 7.11 Å². The summed E-state index contributed by atoms with van der Waals surface area (Å²) >= 11 is 0. The van der Waals surface area contributed by atoms with Gasteiger partial charge in [0.1, 0.15) is 0 Å². The van der Waals surface area contributed by atoms with E-state index in [1.165, 1.54) is 13.6 Å². The molecule has 0 saturated heterocycles. The van der Waals surface area contributed by atoms with Crippen LogP contribution in [0.2, 0.25) is 0 Å². The SMILES string of the molecule is CO[C-]=O.[CH3-].[U+2]. The monoisotopic (exact) mass is 312 g/mol. The molecule has 0 aromatic rings. The summed E-state index contributed by atoms with van der Waals surface area (Å²) in [5, 5.41) is 0. The van der Waals surface area contributed by atoms with Gasteiger partial charge in [-0.3, -0.25) is 0 Å². The van der Waals surface area contributed by atoms with E-state index in [1.54, 1.807) is 0 Å². The number of hydrogen-bond acceptors (Lipinski definition) is 2. The third-order valence-electron chi connectivity index (χ3n) is 0.0833. The van der Waals surface area contributed by atoms with E-state index in [0.717, 1.165) is 0 Å². The Morgan fingerprint density at radius 1 is 1.67 bits per heavy atom. The van der Waals surface area contributed by atoms with Crippen LogP contribution < -0.4 is 0 Å². The molecule has 0 N–H and O–H groups in total. The molecule has 0 atom stereocenters. The van der Waals surface area contributed by atoms with Gasteiger partial charge in [-0.25, -0.2) is 0 Å². The molecule has 0 aliphatic rings. The van der Waals surface area contributed by atoms with Crippen LogP contribution in [-0.2, 0) is 9.53 Å². The van der Waals surface area contributed by atoms with E-state index < -0.39 is 0 Å². The molecule has 0 aliphatic carbocycles. The van der Waals surface area contributed by atoms with Gasteiger partial charge in [-0.05, 0) is 0 Å². The summed E-state index contributed by atoms with van der Waals surface area (Å²) in [6, 6.07) is 0. The Morgan fingerprint density at radius 2 is 1.83 bits per heavy atom. The van der Waals surface area contributed by atoms with Crippen LogP contribution in [0.4, 0.5) is 0 Å². The first kappa shape index (κ1) is 16.0. The fraction of sp³-hybridized carbons (Fsp3) is 0.333. The zero-order valence-electron chi connectivity index (χ0n) is 3.82. The molecule has 0 aromatic heterocycles.